The van der Waals surface area contributed by atoms with Gasteiger partial charge in [-0.3, -0.25) is 8.42 Å². The van der Waals surface area contributed by atoms with Crippen LogP contribution in [-0.2, 0) is 29.5 Å². The monoisotopic (exact) mass is 496 g/mol. The lowest BCUT2D eigenvalue weighted by Crippen LogP contribution is -2.40. The molecule has 0 aromatic rings. The molecule has 11 heteroatoms. The predicted octanol–water partition coefficient (Wildman–Crippen LogP) is 1.85. The van der Waals surface area contributed by atoms with Gasteiger partial charge in [0.05, 0.1) is 67.6 Å². The molecule has 0 saturated heterocycles. The van der Waals surface area contributed by atoms with E-state index in [1.807, 2.05) is 0 Å². The van der Waals surface area contributed by atoms with Gasteiger partial charge in [0.1, 0.15) is 0 Å². The van der Waals surface area contributed by atoms with E-state index in [4.69, 9.17) is 27.0 Å². The summed E-state index contributed by atoms with van der Waals surface area (Å²) >= 11 is 0. The van der Waals surface area contributed by atoms with Crippen molar-refractivity contribution in [1.29, 1.82) is 0 Å². The fourth-order valence-electron chi connectivity index (χ4n) is 1.88. The summed E-state index contributed by atoms with van der Waals surface area (Å²) < 4.78 is 46.0. The first-order valence-corrected chi connectivity index (χ1v) is 12.1. The lowest BCUT2D eigenvalue weighted by atomic mass is 10.3. The molecule has 0 rings (SSSR count). The Morgan fingerprint density at radius 2 is 1.00 bits per heavy atom. The van der Waals surface area contributed by atoms with Gasteiger partial charge in [-0.1, -0.05) is 13.2 Å². The maximum absolute atomic E-state index is 11.0. The van der Waals surface area contributed by atoms with Crippen molar-refractivity contribution in [3.05, 3.63) is 24.3 Å². The van der Waals surface area contributed by atoms with Crippen LogP contribution in [0.1, 0.15) is 40.5 Å². The van der Waals surface area contributed by atoms with Crippen LogP contribution in [0.15, 0.2) is 24.3 Å². The summed E-state index contributed by atoms with van der Waals surface area (Å²) in [5, 5.41) is 0. The number of nitrogens with zero attached hydrogens (tertiary/aromatic N) is 2. The molecular weight excluding hydrogens is 452 g/mol. The molecule has 0 aromatic heterocycles. The van der Waals surface area contributed by atoms with Crippen molar-refractivity contribution >= 4 is 22.3 Å². The van der Waals surface area contributed by atoms with Crippen molar-refractivity contribution in [3.8, 4) is 0 Å². The van der Waals surface area contributed by atoms with E-state index in [-0.39, 0.29) is 11.9 Å². The minimum Gasteiger partial charge on any atom is -0.759 e. The first-order valence-electron chi connectivity index (χ1n) is 10.7. The molecule has 0 heterocycles. The second-order valence-corrected chi connectivity index (χ2v) is 9.72. The number of hydrogen-bond donors (Lipinski definition) is 0. The van der Waals surface area contributed by atoms with Gasteiger partial charge in [-0.15, -0.1) is 0 Å². The number of quaternary nitrogens is 2. The van der Waals surface area contributed by atoms with Crippen molar-refractivity contribution in [2.24, 2.45) is 0 Å². The number of carbonyl (C=O) groups is 2. The molecule has 0 aliphatic carbocycles. The number of ether oxygens (including phenoxy) is 2. The highest BCUT2D eigenvalue weighted by Crippen LogP contribution is 2.01. The zero-order valence-electron chi connectivity index (χ0n) is 21.6. The molecule has 0 N–H and O–H groups in total. The van der Waals surface area contributed by atoms with Gasteiger partial charge in [-0.2, -0.15) is 0 Å². The lowest BCUT2D eigenvalue weighted by molar-refractivity contribution is -0.888. The number of carbonyl (C=O) groups excluding carboxylic acids is 2. The summed E-state index contributed by atoms with van der Waals surface area (Å²) in [7, 11) is 3.50. The fourth-order valence-corrected chi connectivity index (χ4v) is 1.88. The quantitative estimate of drug-likeness (QED) is 0.0998. The summed E-state index contributed by atoms with van der Waals surface area (Å²) in [5.74, 6) is -0.571. The van der Waals surface area contributed by atoms with Gasteiger partial charge in [0.2, 0.25) is 0 Å². The van der Waals surface area contributed by atoms with Crippen molar-refractivity contribution in [3.63, 3.8) is 0 Å². The highest BCUT2D eigenvalue weighted by atomic mass is 32.3. The molecule has 0 unspecified atom stereocenters. The van der Waals surface area contributed by atoms with Crippen LogP contribution < -0.4 is 0 Å². The number of esters is 2. The Kier molecular flexibility index (Phi) is 19.1. The third-order valence-corrected chi connectivity index (χ3v) is 4.69. The third kappa shape index (κ3) is 30.2. The molecule has 0 spiro atoms. The van der Waals surface area contributed by atoms with Gasteiger partial charge < -0.3 is 27.5 Å². The Labute approximate surface area is 200 Å². The number of rotatable bonds is 12. The van der Waals surface area contributed by atoms with Crippen molar-refractivity contribution in [2.75, 3.05) is 67.6 Å². The molecule has 33 heavy (non-hydrogen) atoms. The molecule has 0 aromatic carbocycles. The maximum atomic E-state index is 11.0. The van der Waals surface area contributed by atoms with Crippen LogP contribution in [0.25, 0.3) is 0 Å². The van der Waals surface area contributed by atoms with Crippen LogP contribution in [0.2, 0.25) is 0 Å². The highest BCUT2D eigenvalue weighted by molar-refractivity contribution is 7.79. The van der Waals surface area contributed by atoms with Gasteiger partial charge >= 0.3 is 11.9 Å². The van der Waals surface area contributed by atoms with Gasteiger partial charge in [0.15, 0.2) is 0 Å². The summed E-state index contributed by atoms with van der Waals surface area (Å²) in [6, 6.07) is 0. The van der Waals surface area contributed by atoms with E-state index in [1.54, 1.807) is 13.8 Å². The average molecular weight is 497 g/mol. The van der Waals surface area contributed by atoms with Gasteiger partial charge in [-0.25, -0.2) is 9.59 Å². The SMILES string of the molecule is C=C(C)C(=O)OCCC[N+](C)(C)CC.C=C(C)C(=O)OCCC[N+](C)(C)CC.O=S(=O)([O-])[O-]. The van der Waals surface area contributed by atoms with Crippen LogP contribution in [0, 0.1) is 0 Å². The van der Waals surface area contributed by atoms with Crippen LogP contribution in [0.5, 0.6) is 0 Å². The standard InChI is InChI=1S/2C11H22NO2.H2O4S/c2*1-6-12(4,5)8-7-9-14-11(13)10(2)3;1-5(2,3)4/h2*2,6-9H2,1,3-5H3;(H2,1,2,3,4)/q2*+1;/p-2. The lowest BCUT2D eigenvalue weighted by Gasteiger charge is -2.27. The molecule has 0 amide bonds. The average Bonchev–Trinajstić information content (AvgIpc) is 2.67. The zero-order chi connectivity index (χ0) is 26.9. The molecule has 0 aliphatic rings. The fraction of sp³-hybridized carbons (Fsp3) is 0.727. The first kappa shape index (κ1) is 35.8. The Balaban J connectivity index is -0.000000453. The summed E-state index contributed by atoms with van der Waals surface area (Å²) in [4.78, 5) is 22.0. The van der Waals surface area contributed by atoms with Gasteiger partial charge in [-0.05, 0) is 27.7 Å². The van der Waals surface area contributed by atoms with Crippen LogP contribution in [-0.4, -0.2) is 106 Å². The maximum Gasteiger partial charge on any atom is 0.333 e. The first-order chi connectivity index (χ1) is 14.8. The molecule has 0 fully saturated rings. The molecule has 0 bridgehead atoms. The molecule has 10 nitrogen and oxygen atoms in total. The molecule has 0 saturated carbocycles. The zero-order valence-corrected chi connectivity index (χ0v) is 22.5. The summed E-state index contributed by atoms with van der Waals surface area (Å²) in [6.45, 7) is 19.9. The molecule has 196 valence electrons. The minimum absolute atomic E-state index is 0.285. The van der Waals surface area contributed by atoms with E-state index in [2.05, 4.69) is 55.2 Å². The van der Waals surface area contributed by atoms with Crippen molar-refractivity contribution < 1.29 is 45.6 Å². The molecule has 0 atom stereocenters. The molecule has 0 aliphatic heterocycles. The second-order valence-electron chi connectivity index (χ2n) is 8.90. The normalized spacial score (nSPS) is 11.2. The van der Waals surface area contributed by atoms with E-state index < -0.39 is 10.4 Å². The van der Waals surface area contributed by atoms with E-state index >= 15 is 0 Å². The molecule has 0 radical (unpaired) electrons. The van der Waals surface area contributed by atoms with Crippen molar-refractivity contribution in [2.45, 2.75) is 40.5 Å². The summed E-state index contributed by atoms with van der Waals surface area (Å²) in [5.41, 5.74) is 0.934. The van der Waals surface area contributed by atoms with E-state index in [1.165, 1.54) is 0 Å². The Morgan fingerprint density at radius 3 is 1.18 bits per heavy atom. The van der Waals surface area contributed by atoms with E-state index in [0.29, 0.717) is 24.4 Å². The Morgan fingerprint density at radius 1 is 0.758 bits per heavy atom. The van der Waals surface area contributed by atoms with Crippen LogP contribution >= 0.6 is 0 Å². The number of hydrogen-bond acceptors (Lipinski definition) is 8. The van der Waals surface area contributed by atoms with Gasteiger partial charge in [0.25, 0.3) is 0 Å². The van der Waals surface area contributed by atoms with Crippen LogP contribution in [0.4, 0.5) is 0 Å². The van der Waals surface area contributed by atoms with Gasteiger partial charge in [0, 0.05) is 34.4 Å². The topological polar surface area (TPSA) is 133 Å². The minimum atomic E-state index is -5.17. The smallest absolute Gasteiger partial charge is 0.333 e. The third-order valence-electron chi connectivity index (χ3n) is 4.69. The van der Waals surface area contributed by atoms with Crippen LogP contribution in [0.3, 0.4) is 0 Å². The van der Waals surface area contributed by atoms with E-state index in [0.717, 1.165) is 48.0 Å². The Hall–Kier alpha value is -1.79. The predicted molar refractivity (Wildman–Crippen MR) is 126 cm³/mol. The molecular formula is C22H44N2O8S. The summed E-state index contributed by atoms with van der Waals surface area (Å²) in [6.07, 6.45) is 1.81. The second kappa shape index (κ2) is 17.7. The Bertz CT molecular complexity index is 662. The largest absolute Gasteiger partial charge is 0.759 e. The van der Waals surface area contributed by atoms with E-state index in [9.17, 15) is 9.59 Å². The van der Waals surface area contributed by atoms with Crippen molar-refractivity contribution in [1.82, 2.24) is 0 Å². The highest BCUT2D eigenvalue weighted by Gasteiger charge is 2.12.